The van der Waals surface area contributed by atoms with Crippen LogP contribution >= 0.6 is 15.9 Å². The van der Waals surface area contributed by atoms with Crippen molar-refractivity contribution in [2.45, 2.75) is 13.0 Å². The summed E-state index contributed by atoms with van der Waals surface area (Å²) in [5.41, 5.74) is 0.799. The van der Waals surface area contributed by atoms with Gasteiger partial charge in [0.1, 0.15) is 6.04 Å². The van der Waals surface area contributed by atoms with E-state index in [1.165, 1.54) is 4.80 Å². The van der Waals surface area contributed by atoms with Crippen LogP contribution < -0.4 is 5.32 Å². The molecule has 0 unspecified atom stereocenters. The fourth-order valence-electron chi connectivity index (χ4n) is 2.11. The Morgan fingerprint density at radius 3 is 2.73 bits per heavy atom. The minimum atomic E-state index is -0.694. The maximum Gasteiger partial charge on any atom is 0.324 e. The number of hydrogen-bond acceptors (Lipinski definition) is 5. The Balaban J connectivity index is 1.79. The number of urea groups is 1. The Hall–Kier alpha value is -2.29. The minimum Gasteiger partial charge on any atom is -0.336 e. The molecular weight excluding hydrogens is 352 g/mol. The van der Waals surface area contributed by atoms with Gasteiger partial charge in [0.25, 0.3) is 5.91 Å². The van der Waals surface area contributed by atoms with Gasteiger partial charge in [0.2, 0.25) is 5.82 Å². The fourth-order valence-corrected chi connectivity index (χ4v) is 2.37. The van der Waals surface area contributed by atoms with Crippen LogP contribution in [0.25, 0.3) is 11.4 Å². The number of tetrazole rings is 1. The van der Waals surface area contributed by atoms with Gasteiger partial charge in [0.15, 0.2) is 0 Å². The zero-order valence-electron chi connectivity index (χ0n) is 11.7. The zero-order chi connectivity index (χ0) is 15.7. The molecule has 3 amide bonds. The topological polar surface area (TPSA) is 93.0 Å². The fraction of sp³-hybridized carbons (Fsp3) is 0.308. The van der Waals surface area contributed by atoms with Crippen molar-refractivity contribution in [1.82, 2.24) is 30.4 Å². The van der Waals surface area contributed by atoms with E-state index in [-0.39, 0.29) is 11.9 Å². The molecule has 0 radical (unpaired) electrons. The van der Waals surface area contributed by atoms with Gasteiger partial charge in [0, 0.05) is 23.1 Å². The van der Waals surface area contributed by atoms with Crippen LogP contribution in [0, 0.1) is 0 Å². The predicted molar refractivity (Wildman–Crippen MR) is 80.8 cm³/mol. The Bertz CT molecular complexity index is 714. The summed E-state index contributed by atoms with van der Waals surface area (Å²) in [5.74, 6) is 0.0766. The average molecular weight is 365 g/mol. The lowest BCUT2D eigenvalue weighted by molar-refractivity contribution is -0.131. The van der Waals surface area contributed by atoms with E-state index in [0.717, 1.165) is 14.9 Å². The van der Waals surface area contributed by atoms with Crippen molar-refractivity contribution in [1.29, 1.82) is 0 Å². The molecule has 1 aromatic carbocycles. The number of nitrogens with one attached hydrogen (secondary N) is 1. The maximum atomic E-state index is 12.3. The molecule has 1 atom stereocenters. The smallest absolute Gasteiger partial charge is 0.324 e. The molecule has 1 N–H and O–H groups in total. The van der Waals surface area contributed by atoms with E-state index in [4.69, 9.17) is 0 Å². The second-order valence-electron chi connectivity index (χ2n) is 4.84. The summed E-state index contributed by atoms with van der Waals surface area (Å²) in [4.78, 5) is 26.2. The first kappa shape index (κ1) is 14.6. The molecule has 2 aromatic rings. The highest BCUT2D eigenvalue weighted by molar-refractivity contribution is 9.10. The van der Waals surface area contributed by atoms with Crippen LogP contribution in [0.3, 0.4) is 0 Å². The SMILES string of the molecule is C[C@@H](C(=O)N1CCNC1=O)n1nnc(-c2ccc(Br)cc2)n1. The number of imide groups is 1. The van der Waals surface area contributed by atoms with Crippen molar-refractivity contribution < 1.29 is 9.59 Å². The first-order valence-corrected chi connectivity index (χ1v) is 7.50. The van der Waals surface area contributed by atoms with E-state index in [1.807, 2.05) is 24.3 Å². The van der Waals surface area contributed by atoms with Gasteiger partial charge < -0.3 is 5.32 Å². The number of rotatable bonds is 3. The van der Waals surface area contributed by atoms with Crippen LogP contribution in [0.15, 0.2) is 28.7 Å². The number of benzene rings is 1. The number of carbonyl (C=O) groups excluding carboxylic acids is 2. The van der Waals surface area contributed by atoms with Crippen LogP contribution in [0.1, 0.15) is 13.0 Å². The Kier molecular flexibility index (Phi) is 3.88. The molecule has 1 saturated heterocycles. The summed E-state index contributed by atoms with van der Waals surface area (Å²) in [7, 11) is 0. The quantitative estimate of drug-likeness (QED) is 0.883. The van der Waals surface area contributed by atoms with E-state index in [2.05, 4.69) is 36.7 Å². The van der Waals surface area contributed by atoms with Crippen LogP contribution in [0.4, 0.5) is 4.79 Å². The molecule has 1 aliphatic heterocycles. The van der Waals surface area contributed by atoms with Crippen LogP contribution in [0.2, 0.25) is 0 Å². The maximum absolute atomic E-state index is 12.3. The van der Waals surface area contributed by atoms with E-state index in [0.29, 0.717) is 18.9 Å². The third-order valence-corrected chi connectivity index (χ3v) is 3.89. The lowest BCUT2D eigenvalue weighted by Gasteiger charge is -2.16. The average Bonchev–Trinajstić information content (AvgIpc) is 3.15. The lowest BCUT2D eigenvalue weighted by Crippen LogP contribution is -2.39. The molecule has 1 aliphatic rings. The first-order valence-electron chi connectivity index (χ1n) is 6.71. The Labute approximate surface area is 134 Å². The molecule has 9 heteroatoms. The predicted octanol–water partition coefficient (Wildman–Crippen LogP) is 1.22. The summed E-state index contributed by atoms with van der Waals surface area (Å²) in [6.07, 6.45) is 0. The molecule has 1 fully saturated rings. The largest absolute Gasteiger partial charge is 0.336 e. The minimum absolute atomic E-state index is 0.352. The van der Waals surface area contributed by atoms with Crippen molar-refractivity contribution in [3.05, 3.63) is 28.7 Å². The third-order valence-electron chi connectivity index (χ3n) is 3.36. The van der Waals surface area contributed by atoms with Gasteiger partial charge in [-0.1, -0.05) is 15.9 Å². The van der Waals surface area contributed by atoms with Crippen LogP contribution in [0.5, 0.6) is 0 Å². The molecular formula is C13H13BrN6O2. The van der Waals surface area contributed by atoms with Crippen molar-refractivity contribution in [3.63, 3.8) is 0 Å². The van der Waals surface area contributed by atoms with Crippen molar-refractivity contribution in [3.8, 4) is 11.4 Å². The zero-order valence-corrected chi connectivity index (χ0v) is 13.3. The second-order valence-corrected chi connectivity index (χ2v) is 5.75. The molecule has 0 spiro atoms. The summed E-state index contributed by atoms with van der Waals surface area (Å²) in [6.45, 7) is 2.46. The number of hydrogen-bond donors (Lipinski definition) is 1. The summed E-state index contributed by atoms with van der Waals surface area (Å²) < 4.78 is 0.951. The van der Waals surface area contributed by atoms with Gasteiger partial charge in [-0.15, -0.1) is 10.2 Å². The Morgan fingerprint density at radius 1 is 1.36 bits per heavy atom. The highest BCUT2D eigenvalue weighted by Gasteiger charge is 2.31. The molecule has 8 nitrogen and oxygen atoms in total. The van der Waals surface area contributed by atoms with E-state index < -0.39 is 6.04 Å². The molecule has 22 heavy (non-hydrogen) atoms. The number of aromatic nitrogens is 4. The van der Waals surface area contributed by atoms with E-state index in [1.54, 1.807) is 6.92 Å². The highest BCUT2D eigenvalue weighted by atomic mass is 79.9. The monoisotopic (exact) mass is 364 g/mol. The second kappa shape index (κ2) is 5.84. The molecule has 1 aromatic heterocycles. The number of halogens is 1. The van der Waals surface area contributed by atoms with Crippen molar-refractivity contribution in [2.75, 3.05) is 13.1 Å². The highest BCUT2D eigenvalue weighted by Crippen LogP contribution is 2.18. The van der Waals surface area contributed by atoms with Crippen molar-refractivity contribution in [2.24, 2.45) is 0 Å². The Morgan fingerprint density at radius 2 is 2.09 bits per heavy atom. The lowest BCUT2D eigenvalue weighted by atomic mass is 10.2. The standard InChI is InChI=1S/C13H13BrN6O2/c1-8(12(21)19-7-6-15-13(19)22)20-17-11(16-18-20)9-2-4-10(14)5-3-9/h2-5,8H,6-7H2,1H3,(H,15,22)/t8-/m0/s1. The van der Waals surface area contributed by atoms with Gasteiger partial charge in [-0.3, -0.25) is 9.69 Å². The van der Waals surface area contributed by atoms with Crippen LogP contribution in [-0.4, -0.2) is 50.1 Å². The molecule has 3 rings (SSSR count). The van der Waals surface area contributed by atoms with Gasteiger partial charge >= 0.3 is 6.03 Å². The molecule has 0 aliphatic carbocycles. The molecule has 114 valence electrons. The van der Waals surface area contributed by atoms with Gasteiger partial charge in [-0.05, 0) is 36.4 Å². The summed E-state index contributed by atoms with van der Waals surface area (Å²) >= 11 is 3.36. The number of carbonyl (C=O) groups is 2. The molecule has 0 saturated carbocycles. The molecule has 0 bridgehead atoms. The van der Waals surface area contributed by atoms with Crippen LogP contribution in [-0.2, 0) is 4.79 Å². The number of amides is 3. The van der Waals surface area contributed by atoms with Gasteiger partial charge in [-0.25, -0.2) is 4.79 Å². The molecule has 2 heterocycles. The van der Waals surface area contributed by atoms with Gasteiger partial charge in [-0.2, -0.15) is 4.80 Å². The number of nitrogens with zero attached hydrogens (tertiary/aromatic N) is 5. The van der Waals surface area contributed by atoms with E-state index >= 15 is 0 Å². The summed E-state index contributed by atoms with van der Waals surface area (Å²) in [5, 5.41) is 14.7. The van der Waals surface area contributed by atoms with E-state index in [9.17, 15) is 9.59 Å². The van der Waals surface area contributed by atoms with Crippen molar-refractivity contribution >= 4 is 27.9 Å². The first-order chi connectivity index (χ1) is 10.6. The third kappa shape index (κ3) is 2.71. The van der Waals surface area contributed by atoms with Gasteiger partial charge in [0.05, 0.1) is 0 Å². The normalized spacial score (nSPS) is 15.7. The summed E-state index contributed by atoms with van der Waals surface area (Å²) in [6, 6.07) is 6.38.